The van der Waals surface area contributed by atoms with E-state index in [0.717, 1.165) is 27.2 Å². The first-order valence-electron chi connectivity index (χ1n) is 9.60. The van der Waals surface area contributed by atoms with Gasteiger partial charge in [-0.2, -0.15) is 0 Å². The molecular weight excluding hydrogens is 398 g/mol. The molecule has 0 aliphatic heterocycles. The van der Waals surface area contributed by atoms with Gasteiger partial charge in [-0.15, -0.1) is 11.3 Å². The van der Waals surface area contributed by atoms with E-state index in [-0.39, 0.29) is 18.5 Å². The van der Waals surface area contributed by atoms with Crippen LogP contribution in [-0.4, -0.2) is 29.7 Å². The summed E-state index contributed by atoms with van der Waals surface area (Å²) in [5.41, 5.74) is 2.73. The first kappa shape index (κ1) is 20.0. The van der Waals surface area contributed by atoms with Crippen molar-refractivity contribution in [1.29, 1.82) is 0 Å². The van der Waals surface area contributed by atoms with Crippen LogP contribution in [0.3, 0.4) is 0 Å². The molecule has 0 bridgehead atoms. The van der Waals surface area contributed by atoms with Crippen LogP contribution in [0.25, 0.3) is 21.6 Å². The zero-order valence-electron chi connectivity index (χ0n) is 17.1. The number of nitrogens with zero attached hydrogens (tertiary/aromatic N) is 2. The summed E-state index contributed by atoms with van der Waals surface area (Å²) < 4.78 is 12.6. The fraction of sp³-hybridized carbons (Fsp3) is 0.217. The number of aromatic nitrogens is 2. The van der Waals surface area contributed by atoms with Crippen molar-refractivity contribution in [2.45, 2.75) is 19.5 Å². The molecule has 0 spiro atoms. The molecule has 154 valence electrons. The molecule has 0 saturated carbocycles. The Balaban J connectivity index is 1.57. The van der Waals surface area contributed by atoms with E-state index < -0.39 is 0 Å². The molecule has 0 aliphatic rings. The highest BCUT2D eigenvalue weighted by Gasteiger charge is 2.17. The van der Waals surface area contributed by atoms with E-state index in [1.807, 2.05) is 53.3 Å². The molecule has 0 fully saturated rings. The Kier molecular flexibility index (Phi) is 5.72. The average molecular weight is 422 g/mol. The highest BCUT2D eigenvalue weighted by Crippen LogP contribution is 2.31. The molecule has 1 N–H and O–H groups in total. The Bertz CT molecular complexity index is 1170. The van der Waals surface area contributed by atoms with Gasteiger partial charge in [0.2, 0.25) is 5.91 Å². The molecular formula is C23H23N3O3S. The van der Waals surface area contributed by atoms with Gasteiger partial charge in [0.1, 0.15) is 12.2 Å². The molecule has 30 heavy (non-hydrogen) atoms. The average Bonchev–Trinajstić information content (AvgIpc) is 3.41. The van der Waals surface area contributed by atoms with E-state index in [2.05, 4.69) is 22.4 Å². The second-order valence-corrected chi connectivity index (χ2v) is 7.86. The van der Waals surface area contributed by atoms with Gasteiger partial charge in [0.15, 0.2) is 11.5 Å². The number of fused-ring (bicyclic) bond motifs is 1. The lowest BCUT2D eigenvalue weighted by Crippen LogP contribution is -2.30. The lowest BCUT2D eigenvalue weighted by atomic mass is 10.1. The maximum absolute atomic E-state index is 12.9. The van der Waals surface area contributed by atoms with Crippen molar-refractivity contribution in [3.05, 3.63) is 65.7 Å². The summed E-state index contributed by atoms with van der Waals surface area (Å²) in [6, 6.07) is 15.5. The van der Waals surface area contributed by atoms with Gasteiger partial charge >= 0.3 is 0 Å². The summed E-state index contributed by atoms with van der Waals surface area (Å²) in [7, 11) is 3.20. The van der Waals surface area contributed by atoms with E-state index in [1.54, 1.807) is 31.8 Å². The Morgan fingerprint density at radius 2 is 1.97 bits per heavy atom. The van der Waals surface area contributed by atoms with E-state index >= 15 is 0 Å². The van der Waals surface area contributed by atoms with Gasteiger partial charge in [-0.25, -0.2) is 4.98 Å². The van der Waals surface area contributed by atoms with Crippen LogP contribution >= 0.6 is 11.3 Å². The fourth-order valence-electron chi connectivity index (χ4n) is 3.51. The Hall–Kier alpha value is -3.32. The van der Waals surface area contributed by atoms with Crippen LogP contribution in [0.5, 0.6) is 11.5 Å². The number of benzene rings is 1. The van der Waals surface area contributed by atoms with Crippen molar-refractivity contribution < 1.29 is 14.3 Å². The fourth-order valence-corrected chi connectivity index (χ4v) is 4.26. The molecule has 1 aromatic carbocycles. The summed E-state index contributed by atoms with van der Waals surface area (Å²) >= 11 is 1.64. The third-order valence-electron chi connectivity index (χ3n) is 5.02. The van der Waals surface area contributed by atoms with Crippen molar-refractivity contribution in [2.24, 2.45) is 0 Å². The van der Waals surface area contributed by atoms with Crippen molar-refractivity contribution in [1.82, 2.24) is 14.9 Å². The van der Waals surface area contributed by atoms with Gasteiger partial charge in [-0.05, 0) is 54.3 Å². The number of methoxy groups -OCH3 is 2. The van der Waals surface area contributed by atoms with Gasteiger partial charge < -0.3 is 19.4 Å². The predicted molar refractivity (Wildman–Crippen MR) is 119 cm³/mol. The zero-order valence-corrected chi connectivity index (χ0v) is 17.9. The molecule has 4 aromatic rings. The topological polar surface area (TPSA) is 65.4 Å². The lowest BCUT2D eigenvalue weighted by molar-refractivity contribution is -0.122. The van der Waals surface area contributed by atoms with Gasteiger partial charge in [0.05, 0.1) is 30.8 Å². The second kappa shape index (κ2) is 8.59. The summed E-state index contributed by atoms with van der Waals surface area (Å²) in [5, 5.41) is 6.13. The number of carbonyl (C=O) groups is 1. The summed E-state index contributed by atoms with van der Waals surface area (Å²) in [4.78, 5) is 18.5. The van der Waals surface area contributed by atoms with Crippen LogP contribution in [0, 0.1) is 0 Å². The van der Waals surface area contributed by atoms with E-state index in [1.165, 1.54) is 0 Å². The predicted octanol–water partition coefficient (Wildman–Crippen LogP) is 4.66. The third kappa shape index (κ3) is 3.89. The van der Waals surface area contributed by atoms with Gasteiger partial charge in [-0.1, -0.05) is 12.1 Å². The van der Waals surface area contributed by atoms with Crippen molar-refractivity contribution in [2.75, 3.05) is 14.2 Å². The first-order chi connectivity index (χ1) is 14.6. The molecule has 0 aliphatic carbocycles. The maximum atomic E-state index is 12.9. The normalized spacial score (nSPS) is 12.0. The van der Waals surface area contributed by atoms with E-state index in [4.69, 9.17) is 9.47 Å². The number of carbonyl (C=O) groups excluding carboxylic acids is 1. The number of rotatable bonds is 7. The van der Waals surface area contributed by atoms with Gasteiger partial charge in [-0.3, -0.25) is 4.79 Å². The molecule has 0 unspecified atom stereocenters. The number of pyridine rings is 1. The quantitative estimate of drug-likeness (QED) is 0.471. The molecule has 1 amide bonds. The number of thiophene rings is 1. The number of nitrogens with one attached hydrogen (secondary N) is 1. The summed E-state index contributed by atoms with van der Waals surface area (Å²) in [5.74, 6) is 1.21. The number of ether oxygens (including phenoxy) is 2. The smallest absolute Gasteiger partial charge is 0.240 e. The minimum absolute atomic E-state index is 0.0850. The summed E-state index contributed by atoms with van der Waals surface area (Å²) in [6.07, 6.45) is 1.75. The highest BCUT2D eigenvalue weighted by atomic mass is 32.1. The van der Waals surface area contributed by atoms with Crippen molar-refractivity contribution >= 4 is 28.3 Å². The third-order valence-corrected chi connectivity index (χ3v) is 5.91. The van der Waals surface area contributed by atoms with Crippen LogP contribution in [0.2, 0.25) is 0 Å². The van der Waals surface area contributed by atoms with Crippen LogP contribution in [0.15, 0.2) is 60.1 Å². The Morgan fingerprint density at radius 3 is 2.70 bits per heavy atom. The maximum Gasteiger partial charge on any atom is 0.240 e. The standard InChI is InChI=1S/C23H23N3O3S/c1-15(16-8-9-19(28-2)20(13-16)29-3)25-22(27)14-26-18(21-7-5-11-30-21)12-17-6-4-10-24-23(17)26/h4-13,15H,14H2,1-3H3,(H,25,27)/t15-/m1/s1. The minimum Gasteiger partial charge on any atom is -0.493 e. The largest absolute Gasteiger partial charge is 0.493 e. The van der Waals surface area contributed by atoms with Crippen LogP contribution in [0.1, 0.15) is 18.5 Å². The van der Waals surface area contributed by atoms with Gasteiger partial charge in [0, 0.05) is 11.6 Å². The Labute approximate surface area is 179 Å². The van der Waals surface area contributed by atoms with Crippen LogP contribution in [0.4, 0.5) is 0 Å². The van der Waals surface area contributed by atoms with Crippen molar-refractivity contribution in [3.8, 4) is 22.1 Å². The molecule has 0 radical (unpaired) electrons. The monoisotopic (exact) mass is 421 g/mol. The molecule has 4 rings (SSSR count). The van der Waals surface area contributed by atoms with E-state index in [9.17, 15) is 4.79 Å². The minimum atomic E-state index is -0.183. The number of hydrogen-bond acceptors (Lipinski definition) is 5. The van der Waals surface area contributed by atoms with Crippen LogP contribution < -0.4 is 14.8 Å². The lowest BCUT2D eigenvalue weighted by Gasteiger charge is -2.17. The molecule has 0 saturated heterocycles. The molecule has 7 heteroatoms. The molecule has 1 atom stereocenters. The SMILES string of the molecule is COc1ccc([C@@H](C)NC(=O)Cn2c(-c3cccs3)cc3cccnc32)cc1OC. The Morgan fingerprint density at radius 1 is 1.13 bits per heavy atom. The number of amides is 1. The molecule has 3 aromatic heterocycles. The zero-order chi connectivity index (χ0) is 21.1. The van der Waals surface area contributed by atoms with Crippen LogP contribution in [-0.2, 0) is 11.3 Å². The summed E-state index contributed by atoms with van der Waals surface area (Å²) in [6.45, 7) is 2.14. The number of hydrogen-bond donors (Lipinski definition) is 1. The second-order valence-electron chi connectivity index (χ2n) is 6.91. The van der Waals surface area contributed by atoms with E-state index in [0.29, 0.717) is 11.5 Å². The van der Waals surface area contributed by atoms with Gasteiger partial charge in [0.25, 0.3) is 0 Å². The molecule has 3 heterocycles. The van der Waals surface area contributed by atoms with Crippen molar-refractivity contribution in [3.63, 3.8) is 0 Å². The highest BCUT2D eigenvalue weighted by molar-refractivity contribution is 7.13. The molecule has 6 nitrogen and oxygen atoms in total. The first-order valence-corrected chi connectivity index (χ1v) is 10.5.